The summed E-state index contributed by atoms with van der Waals surface area (Å²) in [5.41, 5.74) is 0. The highest BCUT2D eigenvalue weighted by Gasteiger charge is 2.39. The summed E-state index contributed by atoms with van der Waals surface area (Å²) in [6.45, 7) is 2.54. The zero-order valence-corrected chi connectivity index (χ0v) is 14.6. The predicted molar refractivity (Wildman–Crippen MR) is 89.4 cm³/mol. The van der Waals surface area contributed by atoms with Crippen LogP contribution in [0.1, 0.15) is 43.8 Å². The largest absolute Gasteiger partial charge is 0.355 e. The van der Waals surface area contributed by atoms with Gasteiger partial charge in [-0.2, -0.15) is 0 Å². The average Bonchev–Trinajstić information content (AvgIpc) is 3.04. The second kappa shape index (κ2) is 5.86. The van der Waals surface area contributed by atoms with E-state index in [4.69, 9.17) is 11.6 Å². The third kappa shape index (κ3) is 3.06. The zero-order chi connectivity index (χ0) is 16.0. The number of halogens is 1. The van der Waals surface area contributed by atoms with Crippen molar-refractivity contribution in [2.45, 2.75) is 43.3 Å². The lowest BCUT2D eigenvalue weighted by Crippen LogP contribution is -2.38. The van der Waals surface area contributed by atoms with Crippen molar-refractivity contribution in [1.82, 2.24) is 14.3 Å². The number of rotatable bonds is 4. The third-order valence-corrected chi connectivity index (χ3v) is 7.46. The van der Waals surface area contributed by atoms with Crippen molar-refractivity contribution in [2.24, 2.45) is 0 Å². The Morgan fingerprint density at radius 3 is 2.52 bits per heavy atom. The van der Waals surface area contributed by atoms with E-state index in [0.29, 0.717) is 43.7 Å². The number of anilines is 1. The molecule has 23 heavy (non-hydrogen) atoms. The minimum Gasteiger partial charge on any atom is -0.355 e. The quantitative estimate of drug-likeness (QED) is 0.772. The molecule has 126 valence electrons. The molecule has 0 spiro atoms. The molecular formula is C15H21ClN4O2S. The van der Waals surface area contributed by atoms with E-state index in [1.54, 1.807) is 10.4 Å². The molecule has 1 aromatic heterocycles. The van der Waals surface area contributed by atoms with Crippen molar-refractivity contribution in [3.05, 3.63) is 17.0 Å². The molecule has 1 atom stereocenters. The van der Waals surface area contributed by atoms with Gasteiger partial charge in [0.05, 0.1) is 5.25 Å². The topological polar surface area (TPSA) is 66.4 Å². The first kappa shape index (κ1) is 15.6. The summed E-state index contributed by atoms with van der Waals surface area (Å²) >= 11 is 6.13. The first-order valence-electron chi connectivity index (χ1n) is 8.32. The van der Waals surface area contributed by atoms with E-state index < -0.39 is 10.0 Å². The summed E-state index contributed by atoms with van der Waals surface area (Å²) < 4.78 is 27.1. The van der Waals surface area contributed by atoms with E-state index in [9.17, 15) is 8.42 Å². The van der Waals surface area contributed by atoms with Crippen molar-refractivity contribution in [1.29, 1.82) is 0 Å². The van der Waals surface area contributed by atoms with Gasteiger partial charge in [0.15, 0.2) is 0 Å². The maximum absolute atomic E-state index is 12.7. The van der Waals surface area contributed by atoms with Gasteiger partial charge in [-0.25, -0.2) is 22.7 Å². The Morgan fingerprint density at radius 1 is 1.09 bits per heavy atom. The van der Waals surface area contributed by atoms with Gasteiger partial charge in [0.25, 0.3) is 0 Å². The van der Waals surface area contributed by atoms with E-state index >= 15 is 0 Å². The Kier molecular flexibility index (Phi) is 3.98. The van der Waals surface area contributed by atoms with Crippen LogP contribution in [0.25, 0.3) is 0 Å². The van der Waals surface area contributed by atoms with Crippen LogP contribution in [0.3, 0.4) is 0 Å². The fourth-order valence-corrected chi connectivity index (χ4v) is 5.59. The van der Waals surface area contributed by atoms with Crippen LogP contribution in [0.2, 0.25) is 5.15 Å². The fraction of sp³-hybridized carbons (Fsp3) is 0.733. The van der Waals surface area contributed by atoms with E-state index in [1.165, 1.54) is 0 Å². The molecule has 4 rings (SSSR count). The third-order valence-electron chi connectivity index (χ3n) is 4.96. The van der Waals surface area contributed by atoms with Gasteiger partial charge < -0.3 is 4.90 Å². The van der Waals surface area contributed by atoms with Crippen molar-refractivity contribution >= 4 is 27.4 Å². The fourth-order valence-electron chi connectivity index (χ4n) is 3.44. The van der Waals surface area contributed by atoms with Crippen LogP contribution in [0.15, 0.2) is 6.07 Å². The number of hydrogen-bond donors (Lipinski definition) is 0. The van der Waals surface area contributed by atoms with Gasteiger partial charge in [0.1, 0.15) is 16.8 Å². The summed E-state index contributed by atoms with van der Waals surface area (Å²) in [4.78, 5) is 11.0. The maximum atomic E-state index is 12.7. The Labute approximate surface area is 141 Å². The predicted octanol–water partition coefficient (Wildman–Crippen LogP) is 2.01. The highest BCUT2D eigenvalue weighted by molar-refractivity contribution is 7.89. The molecular weight excluding hydrogens is 336 g/mol. The molecule has 0 aromatic carbocycles. The summed E-state index contributed by atoms with van der Waals surface area (Å²) in [5.74, 6) is 2.00. The van der Waals surface area contributed by atoms with E-state index in [-0.39, 0.29) is 5.25 Å². The first-order valence-corrected chi connectivity index (χ1v) is 10.2. The molecule has 6 nitrogen and oxygen atoms in total. The van der Waals surface area contributed by atoms with Crippen LogP contribution >= 0.6 is 11.6 Å². The number of sulfonamides is 1. The van der Waals surface area contributed by atoms with Gasteiger partial charge in [-0.05, 0) is 32.1 Å². The van der Waals surface area contributed by atoms with Gasteiger partial charge >= 0.3 is 0 Å². The smallest absolute Gasteiger partial charge is 0.218 e. The summed E-state index contributed by atoms with van der Waals surface area (Å²) in [5, 5.41) is 0.112. The Hall–Kier alpha value is -0.920. The number of hydrogen-bond acceptors (Lipinski definition) is 5. The van der Waals surface area contributed by atoms with Crippen LogP contribution < -0.4 is 4.90 Å². The lowest BCUT2D eigenvalue weighted by Gasteiger charge is -2.22. The van der Waals surface area contributed by atoms with Gasteiger partial charge in [0.2, 0.25) is 10.0 Å². The van der Waals surface area contributed by atoms with Gasteiger partial charge in [-0.3, -0.25) is 0 Å². The molecule has 2 aliphatic heterocycles. The van der Waals surface area contributed by atoms with Crippen LogP contribution in [-0.2, 0) is 10.0 Å². The molecule has 3 aliphatic rings. The average molecular weight is 357 g/mol. The SMILES string of the molecule is O=S(=O)(C1CCN(c2cc(Cl)nc(C3CC3)n2)C1)N1CCCC1. The minimum atomic E-state index is -3.19. The molecule has 0 N–H and O–H groups in total. The molecule has 1 unspecified atom stereocenters. The number of aromatic nitrogens is 2. The Bertz CT molecular complexity index is 701. The van der Waals surface area contributed by atoms with E-state index in [2.05, 4.69) is 9.97 Å². The summed E-state index contributed by atoms with van der Waals surface area (Å²) in [6, 6.07) is 1.75. The van der Waals surface area contributed by atoms with Gasteiger partial charge in [0, 0.05) is 38.2 Å². The Balaban J connectivity index is 1.52. The van der Waals surface area contributed by atoms with Crippen molar-refractivity contribution in [3.63, 3.8) is 0 Å². The lowest BCUT2D eigenvalue weighted by atomic mass is 10.4. The molecule has 1 aliphatic carbocycles. The van der Waals surface area contributed by atoms with Gasteiger partial charge in [-0.1, -0.05) is 11.6 Å². The summed E-state index contributed by atoms with van der Waals surface area (Å²) in [7, 11) is -3.19. The van der Waals surface area contributed by atoms with Crippen LogP contribution in [0, 0.1) is 0 Å². The minimum absolute atomic E-state index is 0.335. The molecule has 8 heteroatoms. The molecule has 3 fully saturated rings. The zero-order valence-electron chi connectivity index (χ0n) is 13.0. The number of nitrogens with zero attached hydrogens (tertiary/aromatic N) is 4. The van der Waals surface area contributed by atoms with Crippen LogP contribution in [0.5, 0.6) is 0 Å². The molecule has 0 radical (unpaired) electrons. The van der Waals surface area contributed by atoms with Crippen molar-refractivity contribution < 1.29 is 8.42 Å². The second-order valence-corrected chi connectivity index (χ2v) is 9.29. The van der Waals surface area contributed by atoms with E-state index in [0.717, 1.165) is 37.3 Å². The van der Waals surface area contributed by atoms with Crippen LogP contribution in [-0.4, -0.2) is 54.1 Å². The lowest BCUT2D eigenvalue weighted by molar-refractivity contribution is 0.467. The Morgan fingerprint density at radius 2 is 1.83 bits per heavy atom. The molecule has 3 heterocycles. The summed E-state index contributed by atoms with van der Waals surface area (Å²) in [6.07, 6.45) is 4.83. The first-order chi connectivity index (χ1) is 11.0. The molecule has 1 saturated carbocycles. The standard InChI is InChI=1S/C15H21ClN4O2S/c16-13-9-14(18-15(17-13)11-3-4-11)19-8-5-12(10-19)23(21,22)20-6-1-2-7-20/h9,11-12H,1-8,10H2. The monoisotopic (exact) mass is 356 g/mol. The molecule has 2 saturated heterocycles. The second-order valence-electron chi connectivity index (χ2n) is 6.69. The molecule has 0 bridgehead atoms. The maximum Gasteiger partial charge on any atom is 0.218 e. The van der Waals surface area contributed by atoms with Gasteiger partial charge in [-0.15, -0.1) is 0 Å². The molecule has 1 aromatic rings. The highest BCUT2D eigenvalue weighted by Crippen LogP contribution is 2.39. The normalized spacial score (nSPS) is 26.1. The van der Waals surface area contributed by atoms with E-state index in [1.807, 2.05) is 4.90 Å². The van der Waals surface area contributed by atoms with Crippen LogP contribution in [0.4, 0.5) is 5.82 Å². The van der Waals surface area contributed by atoms with Crippen molar-refractivity contribution in [2.75, 3.05) is 31.1 Å². The highest BCUT2D eigenvalue weighted by atomic mass is 35.5. The molecule has 0 amide bonds. The van der Waals surface area contributed by atoms with Crippen molar-refractivity contribution in [3.8, 4) is 0 Å².